The van der Waals surface area contributed by atoms with Gasteiger partial charge in [-0.2, -0.15) is 0 Å². The fraction of sp³-hybridized carbons (Fsp3) is 0.462. The topological polar surface area (TPSA) is 67.1 Å². The number of anilines is 1. The Hall–Kier alpha value is -1.69. The van der Waals surface area contributed by atoms with Crippen LogP contribution in [0.5, 0.6) is 0 Å². The van der Waals surface area contributed by atoms with E-state index in [0.29, 0.717) is 13.1 Å². The first-order valence-corrected chi connectivity index (χ1v) is 6.25. The van der Waals surface area contributed by atoms with Gasteiger partial charge in [0.1, 0.15) is 11.6 Å². The lowest BCUT2D eigenvalue weighted by Gasteiger charge is -2.15. The second-order valence-corrected chi connectivity index (χ2v) is 4.97. The molecule has 1 aliphatic rings. The van der Waals surface area contributed by atoms with Gasteiger partial charge >= 0.3 is 6.03 Å². The predicted molar refractivity (Wildman–Crippen MR) is 68.7 cm³/mol. The van der Waals surface area contributed by atoms with E-state index in [1.54, 1.807) is 0 Å². The van der Waals surface area contributed by atoms with Crippen LogP contribution in [0.4, 0.5) is 19.3 Å². The molecule has 0 heterocycles. The first kappa shape index (κ1) is 13.7. The molecule has 0 aliphatic heterocycles. The molecule has 1 saturated carbocycles. The molecule has 4 N–H and O–H groups in total. The summed E-state index contributed by atoms with van der Waals surface area (Å²) < 4.78 is 26.0. The first-order chi connectivity index (χ1) is 9.04. The SMILES string of the molecule is NCCC1(CNC(=O)Nc2ccc(F)cc2F)CC1. The van der Waals surface area contributed by atoms with Gasteiger partial charge in [-0.05, 0) is 43.4 Å². The van der Waals surface area contributed by atoms with Crippen molar-refractivity contribution in [1.82, 2.24) is 5.32 Å². The number of benzene rings is 1. The highest BCUT2D eigenvalue weighted by atomic mass is 19.1. The summed E-state index contributed by atoms with van der Waals surface area (Å²) in [6.45, 7) is 1.12. The molecule has 0 radical (unpaired) electrons. The Morgan fingerprint density at radius 1 is 1.37 bits per heavy atom. The minimum absolute atomic E-state index is 0.0393. The number of rotatable bonds is 5. The van der Waals surface area contributed by atoms with Crippen LogP contribution in [-0.4, -0.2) is 19.1 Å². The van der Waals surface area contributed by atoms with E-state index in [9.17, 15) is 13.6 Å². The number of carbonyl (C=O) groups is 1. The van der Waals surface area contributed by atoms with Gasteiger partial charge in [0.15, 0.2) is 0 Å². The monoisotopic (exact) mass is 269 g/mol. The number of urea groups is 1. The van der Waals surface area contributed by atoms with Gasteiger partial charge in [0, 0.05) is 12.6 Å². The summed E-state index contributed by atoms with van der Waals surface area (Å²) in [4.78, 5) is 11.6. The zero-order valence-corrected chi connectivity index (χ0v) is 10.5. The fourth-order valence-corrected chi connectivity index (χ4v) is 2.02. The molecule has 1 aliphatic carbocycles. The minimum Gasteiger partial charge on any atom is -0.337 e. The molecule has 0 spiro atoms. The van der Waals surface area contributed by atoms with Crippen LogP contribution in [0.1, 0.15) is 19.3 Å². The van der Waals surface area contributed by atoms with Crippen LogP contribution in [0.2, 0.25) is 0 Å². The number of hydrogen-bond donors (Lipinski definition) is 3. The van der Waals surface area contributed by atoms with Crippen molar-refractivity contribution in [1.29, 1.82) is 0 Å². The van der Waals surface area contributed by atoms with Crippen LogP contribution < -0.4 is 16.4 Å². The minimum atomic E-state index is -0.793. The lowest BCUT2D eigenvalue weighted by Crippen LogP contribution is -2.34. The van der Waals surface area contributed by atoms with Crippen molar-refractivity contribution in [2.24, 2.45) is 11.1 Å². The van der Waals surface area contributed by atoms with E-state index in [1.165, 1.54) is 6.07 Å². The number of hydrogen-bond acceptors (Lipinski definition) is 2. The number of nitrogens with one attached hydrogen (secondary N) is 2. The molecule has 2 amide bonds. The second kappa shape index (κ2) is 5.52. The molecule has 1 aromatic carbocycles. The second-order valence-electron chi connectivity index (χ2n) is 4.97. The molecule has 19 heavy (non-hydrogen) atoms. The summed E-state index contributed by atoms with van der Waals surface area (Å²) in [6, 6.07) is 2.52. The Morgan fingerprint density at radius 2 is 2.11 bits per heavy atom. The van der Waals surface area contributed by atoms with Crippen LogP contribution in [-0.2, 0) is 0 Å². The maximum absolute atomic E-state index is 13.3. The zero-order valence-electron chi connectivity index (χ0n) is 10.5. The van der Waals surface area contributed by atoms with E-state index in [4.69, 9.17) is 5.73 Å². The van der Waals surface area contributed by atoms with Crippen molar-refractivity contribution >= 4 is 11.7 Å². The van der Waals surface area contributed by atoms with Crippen LogP contribution in [0, 0.1) is 17.0 Å². The van der Waals surface area contributed by atoms with Crippen LogP contribution in [0.25, 0.3) is 0 Å². The van der Waals surface area contributed by atoms with Crippen molar-refractivity contribution in [3.8, 4) is 0 Å². The Labute approximate surface area is 110 Å². The molecule has 1 aromatic rings. The third-order valence-electron chi connectivity index (χ3n) is 3.44. The van der Waals surface area contributed by atoms with E-state index in [1.807, 2.05) is 0 Å². The normalized spacial score (nSPS) is 15.9. The molecular formula is C13H17F2N3O. The fourth-order valence-electron chi connectivity index (χ4n) is 2.02. The van der Waals surface area contributed by atoms with Gasteiger partial charge in [0.2, 0.25) is 0 Å². The van der Waals surface area contributed by atoms with Crippen molar-refractivity contribution in [2.75, 3.05) is 18.4 Å². The van der Waals surface area contributed by atoms with E-state index in [-0.39, 0.29) is 11.1 Å². The lowest BCUT2D eigenvalue weighted by atomic mass is 10.0. The average molecular weight is 269 g/mol. The Morgan fingerprint density at radius 3 is 2.68 bits per heavy atom. The summed E-state index contributed by atoms with van der Waals surface area (Å²) in [5, 5.41) is 5.05. The van der Waals surface area contributed by atoms with Gasteiger partial charge in [0.05, 0.1) is 5.69 Å². The maximum Gasteiger partial charge on any atom is 0.319 e. The molecule has 0 unspecified atom stereocenters. The van der Waals surface area contributed by atoms with Gasteiger partial charge in [-0.15, -0.1) is 0 Å². The number of amides is 2. The molecule has 1 fully saturated rings. The highest BCUT2D eigenvalue weighted by Gasteiger charge is 2.41. The van der Waals surface area contributed by atoms with Gasteiger partial charge in [-0.1, -0.05) is 0 Å². The van der Waals surface area contributed by atoms with Crippen molar-refractivity contribution < 1.29 is 13.6 Å². The largest absolute Gasteiger partial charge is 0.337 e. The molecule has 0 atom stereocenters. The third kappa shape index (κ3) is 3.64. The number of nitrogens with two attached hydrogens (primary N) is 1. The molecule has 104 valence electrons. The lowest BCUT2D eigenvalue weighted by molar-refractivity contribution is 0.249. The summed E-state index contributed by atoms with van der Waals surface area (Å²) in [6.07, 6.45) is 2.98. The van der Waals surface area contributed by atoms with Crippen LogP contribution in [0.3, 0.4) is 0 Å². The van der Waals surface area contributed by atoms with Crippen molar-refractivity contribution in [3.05, 3.63) is 29.8 Å². The van der Waals surface area contributed by atoms with Crippen LogP contribution >= 0.6 is 0 Å². The Bertz CT molecular complexity index is 475. The smallest absolute Gasteiger partial charge is 0.319 e. The van der Waals surface area contributed by atoms with Gasteiger partial charge in [-0.3, -0.25) is 0 Å². The highest BCUT2D eigenvalue weighted by molar-refractivity contribution is 5.89. The van der Waals surface area contributed by atoms with E-state index < -0.39 is 17.7 Å². The van der Waals surface area contributed by atoms with Gasteiger partial charge in [0.25, 0.3) is 0 Å². The number of halogens is 2. The molecule has 0 bridgehead atoms. The molecule has 0 aromatic heterocycles. The van der Waals surface area contributed by atoms with Gasteiger partial charge < -0.3 is 16.4 Å². The molecule has 6 heteroatoms. The summed E-state index contributed by atoms with van der Waals surface area (Å²) in [7, 11) is 0. The summed E-state index contributed by atoms with van der Waals surface area (Å²) in [5.41, 5.74) is 5.58. The zero-order chi connectivity index (χ0) is 13.9. The first-order valence-electron chi connectivity index (χ1n) is 6.25. The summed E-state index contributed by atoms with van der Waals surface area (Å²) >= 11 is 0. The standard InChI is InChI=1S/C13H17F2N3O/c14-9-1-2-11(10(15)7-9)18-12(19)17-8-13(3-4-13)5-6-16/h1-2,7H,3-6,8,16H2,(H2,17,18,19). The molecular weight excluding hydrogens is 252 g/mol. The summed E-state index contributed by atoms with van der Waals surface area (Å²) in [5.74, 6) is -1.47. The maximum atomic E-state index is 13.3. The van der Waals surface area contributed by atoms with E-state index in [0.717, 1.165) is 31.4 Å². The van der Waals surface area contributed by atoms with Crippen molar-refractivity contribution in [3.63, 3.8) is 0 Å². The van der Waals surface area contributed by atoms with E-state index >= 15 is 0 Å². The molecule has 2 rings (SSSR count). The van der Waals surface area contributed by atoms with Gasteiger partial charge in [-0.25, -0.2) is 13.6 Å². The molecule has 0 saturated heterocycles. The highest BCUT2D eigenvalue weighted by Crippen LogP contribution is 2.47. The number of carbonyl (C=O) groups excluding carboxylic acids is 1. The van der Waals surface area contributed by atoms with Crippen molar-refractivity contribution in [2.45, 2.75) is 19.3 Å². The molecule has 4 nitrogen and oxygen atoms in total. The van der Waals surface area contributed by atoms with Crippen LogP contribution in [0.15, 0.2) is 18.2 Å². The third-order valence-corrected chi connectivity index (χ3v) is 3.44. The Kier molecular flexibility index (Phi) is 3.99. The average Bonchev–Trinajstić information content (AvgIpc) is 3.11. The Balaban J connectivity index is 1.84. The quantitative estimate of drug-likeness (QED) is 0.767. The predicted octanol–water partition coefficient (Wildman–Crippen LogP) is 2.22. The van der Waals surface area contributed by atoms with E-state index in [2.05, 4.69) is 10.6 Å².